The van der Waals surface area contributed by atoms with Crippen molar-refractivity contribution in [2.24, 2.45) is 0 Å². The number of anilines is 3. The van der Waals surface area contributed by atoms with Crippen molar-refractivity contribution in [1.29, 1.82) is 0 Å². The first kappa shape index (κ1) is 29.2. The highest BCUT2D eigenvalue weighted by Gasteiger charge is 2.23. The van der Waals surface area contributed by atoms with Gasteiger partial charge in [-0.25, -0.2) is 0 Å². The summed E-state index contributed by atoms with van der Waals surface area (Å²) in [5, 5.41) is 12.7. The van der Waals surface area contributed by atoms with Crippen LogP contribution >= 0.6 is 0 Å². The van der Waals surface area contributed by atoms with Crippen LogP contribution in [-0.2, 0) is 0 Å². The molecule has 10 aromatic carbocycles. The van der Waals surface area contributed by atoms with Crippen LogP contribution in [0.2, 0.25) is 0 Å². The van der Waals surface area contributed by atoms with Crippen LogP contribution in [0.25, 0.3) is 77.1 Å². The molecule has 0 unspecified atom stereocenters. The van der Waals surface area contributed by atoms with E-state index in [4.69, 9.17) is 0 Å². The molecule has 0 radical (unpaired) electrons. The van der Waals surface area contributed by atoms with Gasteiger partial charge in [-0.05, 0) is 89.6 Å². The lowest BCUT2D eigenvalue weighted by molar-refractivity contribution is 1.31. The van der Waals surface area contributed by atoms with Gasteiger partial charge in [-0.1, -0.05) is 176 Å². The fraction of sp³-hybridized carbons (Fsp3) is 0. The largest absolute Gasteiger partial charge is 0.309 e. The quantitative estimate of drug-likeness (QED) is 0.0986. The summed E-state index contributed by atoms with van der Waals surface area (Å²) in [5.74, 6) is 0. The van der Waals surface area contributed by atoms with E-state index in [2.05, 4.69) is 205 Å². The number of rotatable bonds is 6. The molecule has 0 amide bonds. The van der Waals surface area contributed by atoms with Crippen molar-refractivity contribution >= 4 is 83.1 Å². The lowest BCUT2D eigenvalue weighted by Crippen LogP contribution is -2.11. The Hall–Kier alpha value is -6.70. The summed E-state index contributed by atoms with van der Waals surface area (Å²) in [7, 11) is 0. The third-order valence-electron chi connectivity index (χ3n) is 10.4. The maximum absolute atomic E-state index is 2.43. The average Bonchev–Trinajstić information content (AvgIpc) is 3.20. The van der Waals surface area contributed by atoms with E-state index in [0.717, 1.165) is 16.9 Å². The molecule has 0 bridgehead atoms. The Balaban J connectivity index is 1.23. The Bertz CT molecular complexity index is 2810. The van der Waals surface area contributed by atoms with E-state index in [-0.39, 0.29) is 0 Å². The lowest BCUT2D eigenvalue weighted by atomic mass is 9.85. The normalized spacial score (nSPS) is 11.8. The zero-order valence-electron chi connectivity index (χ0n) is 28.0. The second kappa shape index (κ2) is 12.0. The summed E-state index contributed by atoms with van der Waals surface area (Å²) in [6.45, 7) is 0. The standard InChI is InChI=1S/C50H33N/c1-3-12-34(13-4-1)22-23-35-24-30-40(31-25-35)51(39-16-5-2-6-17-39)50-45-20-9-7-18-41(45)49(42-19-8-10-21-46(42)50)44-33-29-38-27-26-36-14-11-15-37-28-32-43(44)48(38)47(36)37/h1-33H. The maximum Gasteiger partial charge on any atom is 0.0618 e. The molecule has 0 aromatic heterocycles. The van der Waals surface area contributed by atoms with Crippen LogP contribution in [0.4, 0.5) is 17.1 Å². The number of fused-ring (bicyclic) bond motifs is 2. The van der Waals surface area contributed by atoms with Crippen LogP contribution in [0, 0.1) is 0 Å². The first-order chi connectivity index (χ1) is 25.3. The van der Waals surface area contributed by atoms with Gasteiger partial charge in [0.25, 0.3) is 0 Å². The summed E-state index contributed by atoms with van der Waals surface area (Å²) in [4.78, 5) is 2.43. The number of hydrogen-bond acceptors (Lipinski definition) is 1. The number of nitrogens with zero attached hydrogens (tertiary/aromatic N) is 1. The van der Waals surface area contributed by atoms with Gasteiger partial charge in [0.05, 0.1) is 5.69 Å². The Morgan fingerprint density at radius 2 is 0.804 bits per heavy atom. The summed E-state index contributed by atoms with van der Waals surface area (Å²) in [6.07, 6.45) is 4.35. The van der Waals surface area contributed by atoms with Gasteiger partial charge < -0.3 is 4.90 Å². The topological polar surface area (TPSA) is 3.24 Å². The Morgan fingerprint density at radius 3 is 1.45 bits per heavy atom. The first-order valence-corrected chi connectivity index (χ1v) is 17.6. The SMILES string of the molecule is C(=Cc1ccc(N(c2ccccc2)c2c3ccccc3c(-c3ccc4ccc5cccc6ccc3c4c56)c3ccccc23)cc1)c1ccccc1. The van der Waals surface area contributed by atoms with Gasteiger partial charge in [-0.3, -0.25) is 0 Å². The molecule has 238 valence electrons. The molecule has 10 rings (SSSR count). The highest BCUT2D eigenvalue weighted by Crippen LogP contribution is 2.50. The van der Waals surface area contributed by atoms with Crippen LogP contribution in [-0.4, -0.2) is 0 Å². The van der Waals surface area contributed by atoms with E-state index in [1.54, 1.807) is 0 Å². The highest BCUT2D eigenvalue weighted by molar-refractivity contribution is 6.29. The van der Waals surface area contributed by atoms with Crippen molar-refractivity contribution in [1.82, 2.24) is 0 Å². The Kier molecular flexibility index (Phi) is 6.89. The van der Waals surface area contributed by atoms with Gasteiger partial charge >= 0.3 is 0 Å². The van der Waals surface area contributed by atoms with Crippen molar-refractivity contribution in [2.75, 3.05) is 4.90 Å². The zero-order valence-corrected chi connectivity index (χ0v) is 28.0. The smallest absolute Gasteiger partial charge is 0.0618 e. The van der Waals surface area contributed by atoms with Crippen molar-refractivity contribution < 1.29 is 0 Å². The molecule has 1 nitrogen and oxygen atoms in total. The van der Waals surface area contributed by atoms with Crippen molar-refractivity contribution in [3.8, 4) is 11.1 Å². The predicted molar refractivity (Wildman–Crippen MR) is 221 cm³/mol. The molecule has 0 fully saturated rings. The molecule has 51 heavy (non-hydrogen) atoms. The Labute approximate surface area is 297 Å². The summed E-state index contributed by atoms with van der Waals surface area (Å²) < 4.78 is 0. The molecule has 0 spiro atoms. The van der Waals surface area contributed by atoms with Crippen molar-refractivity contribution in [2.45, 2.75) is 0 Å². The molecule has 0 saturated heterocycles. The lowest BCUT2D eigenvalue weighted by Gasteiger charge is -2.29. The summed E-state index contributed by atoms with van der Waals surface area (Å²) >= 11 is 0. The molecule has 0 aliphatic heterocycles. The molecule has 0 saturated carbocycles. The Morgan fingerprint density at radius 1 is 0.314 bits per heavy atom. The fourth-order valence-electron chi connectivity index (χ4n) is 8.07. The third kappa shape index (κ3) is 4.86. The highest BCUT2D eigenvalue weighted by atomic mass is 15.1. The van der Waals surface area contributed by atoms with Crippen molar-refractivity contribution in [3.63, 3.8) is 0 Å². The minimum absolute atomic E-state index is 1.11. The first-order valence-electron chi connectivity index (χ1n) is 17.6. The second-order valence-corrected chi connectivity index (χ2v) is 13.3. The molecule has 0 atom stereocenters. The molecule has 0 N–H and O–H groups in total. The van der Waals surface area contributed by atoms with E-state index in [9.17, 15) is 0 Å². The molecular formula is C50H33N. The molecule has 0 aliphatic carbocycles. The van der Waals surface area contributed by atoms with Gasteiger partial charge in [-0.15, -0.1) is 0 Å². The molecule has 0 heterocycles. The molecule has 1 heteroatoms. The fourth-order valence-corrected chi connectivity index (χ4v) is 8.07. The summed E-state index contributed by atoms with van der Waals surface area (Å²) in [5.41, 5.74) is 8.31. The van der Waals surface area contributed by atoms with Crippen LogP contribution in [0.5, 0.6) is 0 Å². The van der Waals surface area contributed by atoms with E-state index in [0.29, 0.717) is 0 Å². The zero-order chi connectivity index (χ0) is 33.7. The van der Waals surface area contributed by atoms with E-state index in [1.165, 1.54) is 76.2 Å². The van der Waals surface area contributed by atoms with Crippen LogP contribution < -0.4 is 4.90 Å². The van der Waals surface area contributed by atoms with E-state index >= 15 is 0 Å². The van der Waals surface area contributed by atoms with Gasteiger partial charge in [-0.2, -0.15) is 0 Å². The monoisotopic (exact) mass is 647 g/mol. The number of benzene rings is 10. The minimum Gasteiger partial charge on any atom is -0.309 e. The van der Waals surface area contributed by atoms with Crippen LogP contribution in [0.15, 0.2) is 188 Å². The van der Waals surface area contributed by atoms with Gasteiger partial charge in [0.15, 0.2) is 0 Å². The summed E-state index contributed by atoms with van der Waals surface area (Å²) in [6, 6.07) is 68.5. The van der Waals surface area contributed by atoms with Crippen LogP contribution in [0.1, 0.15) is 11.1 Å². The van der Waals surface area contributed by atoms with Gasteiger partial charge in [0, 0.05) is 22.1 Å². The van der Waals surface area contributed by atoms with Gasteiger partial charge in [0.1, 0.15) is 0 Å². The van der Waals surface area contributed by atoms with E-state index in [1.807, 2.05) is 0 Å². The third-order valence-corrected chi connectivity index (χ3v) is 10.4. The molecule has 0 aliphatic rings. The molecular weight excluding hydrogens is 615 g/mol. The number of hydrogen-bond donors (Lipinski definition) is 0. The van der Waals surface area contributed by atoms with Gasteiger partial charge in [0.2, 0.25) is 0 Å². The second-order valence-electron chi connectivity index (χ2n) is 13.3. The average molecular weight is 648 g/mol. The minimum atomic E-state index is 1.11. The predicted octanol–water partition coefficient (Wildman–Crippen LogP) is 14.2. The number of para-hydroxylation sites is 1. The van der Waals surface area contributed by atoms with E-state index < -0.39 is 0 Å². The molecule has 10 aromatic rings. The maximum atomic E-state index is 2.43. The van der Waals surface area contributed by atoms with Crippen LogP contribution in [0.3, 0.4) is 0 Å². The van der Waals surface area contributed by atoms with Crippen molar-refractivity contribution in [3.05, 3.63) is 199 Å².